The third-order valence-corrected chi connectivity index (χ3v) is 7.41. The van der Waals surface area contributed by atoms with Crippen molar-refractivity contribution in [3.63, 3.8) is 0 Å². The Morgan fingerprint density at radius 2 is 1.97 bits per heavy atom. The summed E-state index contributed by atoms with van der Waals surface area (Å²) in [4.78, 5) is 25.0. The molecule has 156 valence electrons. The Balaban J connectivity index is 1.64. The lowest BCUT2D eigenvalue weighted by Crippen LogP contribution is -2.43. The maximum atomic E-state index is 13.3. The van der Waals surface area contributed by atoms with Crippen molar-refractivity contribution in [3.05, 3.63) is 48.0 Å². The smallest absolute Gasteiger partial charge is 0.339 e. The second kappa shape index (κ2) is 8.09. The normalized spacial score (nSPS) is 17.2. The molecule has 1 amide bonds. The standard InChI is InChI=1S/C19H18N4O5S2/c1-28-19(25)12-6-2-3-7-13(12)20-18(24)15-9-5-11-23(15)30(26,27)16-10-4-8-14-17(16)22-29-21-14/h2-4,6-8,10,15H,5,9,11H2,1H3,(H,20,24). The molecule has 4 rings (SSSR count). The van der Waals surface area contributed by atoms with E-state index in [2.05, 4.69) is 14.1 Å². The van der Waals surface area contributed by atoms with Crippen LogP contribution >= 0.6 is 11.7 Å². The highest BCUT2D eigenvalue weighted by Gasteiger charge is 2.40. The number of nitrogens with one attached hydrogen (secondary N) is 1. The molecule has 1 aliphatic heterocycles. The highest BCUT2D eigenvalue weighted by Crippen LogP contribution is 2.30. The molecule has 0 spiro atoms. The molecule has 1 aromatic heterocycles. The zero-order valence-electron chi connectivity index (χ0n) is 15.9. The topological polar surface area (TPSA) is 119 Å². The van der Waals surface area contributed by atoms with Gasteiger partial charge in [-0.05, 0) is 37.1 Å². The van der Waals surface area contributed by atoms with Crippen molar-refractivity contribution in [2.24, 2.45) is 0 Å². The van der Waals surface area contributed by atoms with Gasteiger partial charge in [-0.2, -0.15) is 13.1 Å². The van der Waals surface area contributed by atoms with Crippen LogP contribution in [-0.2, 0) is 19.6 Å². The number of amides is 1. The summed E-state index contributed by atoms with van der Waals surface area (Å²) in [6, 6.07) is 10.3. The van der Waals surface area contributed by atoms with Crippen LogP contribution in [0.5, 0.6) is 0 Å². The minimum Gasteiger partial charge on any atom is -0.465 e. The molecule has 30 heavy (non-hydrogen) atoms. The minimum absolute atomic E-state index is 0.0309. The predicted octanol–water partition coefficient (Wildman–Crippen LogP) is 2.27. The largest absolute Gasteiger partial charge is 0.465 e. The number of carbonyl (C=O) groups excluding carboxylic acids is 2. The average molecular weight is 447 g/mol. The molecule has 2 heterocycles. The maximum Gasteiger partial charge on any atom is 0.339 e. The first kappa shape index (κ1) is 20.4. The van der Waals surface area contributed by atoms with Gasteiger partial charge in [-0.15, -0.1) is 0 Å². The van der Waals surface area contributed by atoms with Gasteiger partial charge in [0.15, 0.2) is 0 Å². The Kier molecular flexibility index (Phi) is 5.50. The van der Waals surface area contributed by atoms with E-state index in [1.165, 1.54) is 23.5 Å². The number of sulfonamides is 1. The fourth-order valence-corrected chi connectivity index (χ4v) is 5.91. The quantitative estimate of drug-likeness (QED) is 0.597. The first-order chi connectivity index (χ1) is 14.4. The number of anilines is 1. The Morgan fingerprint density at radius 1 is 1.17 bits per heavy atom. The number of aromatic nitrogens is 2. The maximum absolute atomic E-state index is 13.3. The zero-order valence-corrected chi connectivity index (χ0v) is 17.6. The summed E-state index contributed by atoms with van der Waals surface area (Å²) in [6.45, 7) is 0.215. The molecule has 11 heteroatoms. The second-order valence-corrected chi connectivity index (χ2v) is 9.08. The number of methoxy groups -OCH3 is 1. The van der Waals surface area contributed by atoms with Crippen LogP contribution in [0.1, 0.15) is 23.2 Å². The van der Waals surface area contributed by atoms with Crippen LogP contribution in [0.2, 0.25) is 0 Å². The summed E-state index contributed by atoms with van der Waals surface area (Å²) in [6.07, 6.45) is 0.915. The fraction of sp³-hybridized carbons (Fsp3) is 0.263. The van der Waals surface area contributed by atoms with Gasteiger partial charge < -0.3 is 10.1 Å². The predicted molar refractivity (Wildman–Crippen MR) is 111 cm³/mol. The SMILES string of the molecule is COC(=O)c1ccccc1NC(=O)C1CCCN1S(=O)(=O)c1cccc2nsnc12. The Morgan fingerprint density at radius 3 is 2.77 bits per heavy atom. The van der Waals surface area contributed by atoms with Gasteiger partial charge >= 0.3 is 5.97 Å². The van der Waals surface area contributed by atoms with E-state index in [9.17, 15) is 18.0 Å². The van der Waals surface area contributed by atoms with Crippen LogP contribution < -0.4 is 5.32 Å². The van der Waals surface area contributed by atoms with Crippen LogP contribution in [0.15, 0.2) is 47.4 Å². The van der Waals surface area contributed by atoms with E-state index in [1.807, 2.05) is 0 Å². The summed E-state index contributed by atoms with van der Waals surface area (Å²) in [5.41, 5.74) is 1.25. The lowest BCUT2D eigenvalue weighted by atomic mass is 10.1. The van der Waals surface area contributed by atoms with Crippen LogP contribution in [0.4, 0.5) is 5.69 Å². The van der Waals surface area contributed by atoms with Crippen molar-refractivity contribution in [1.82, 2.24) is 13.1 Å². The van der Waals surface area contributed by atoms with E-state index in [0.717, 1.165) is 11.7 Å². The molecule has 1 aliphatic rings. The van der Waals surface area contributed by atoms with Gasteiger partial charge in [0.25, 0.3) is 0 Å². The van der Waals surface area contributed by atoms with Crippen molar-refractivity contribution < 1.29 is 22.7 Å². The van der Waals surface area contributed by atoms with Gasteiger partial charge in [-0.25, -0.2) is 13.2 Å². The summed E-state index contributed by atoms with van der Waals surface area (Å²) in [5, 5.41) is 2.68. The Labute approximate surface area is 177 Å². The molecule has 1 N–H and O–H groups in total. The third kappa shape index (κ3) is 3.55. The van der Waals surface area contributed by atoms with E-state index in [0.29, 0.717) is 23.9 Å². The van der Waals surface area contributed by atoms with Gasteiger partial charge in [-0.3, -0.25) is 4.79 Å². The monoisotopic (exact) mass is 446 g/mol. The third-order valence-electron chi connectivity index (χ3n) is 4.93. The van der Waals surface area contributed by atoms with E-state index in [4.69, 9.17) is 4.74 Å². The highest BCUT2D eigenvalue weighted by molar-refractivity contribution is 7.89. The Bertz CT molecular complexity index is 1220. The van der Waals surface area contributed by atoms with Crippen molar-refractivity contribution in [2.45, 2.75) is 23.8 Å². The van der Waals surface area contributed by atoms with E-state index in [-0.39, 0.29) is 22.7 Å². The molecule has 0 bridgehead atoms. The summed E-state index contributed by atoms with van der Waals surface area (Å²) >= 11 is 0.935. The number of fused-ring (bicyclic) bond motifs is 1. The molecule has 2 aromatic carbocycles. The van der Waals surface area contributed by atoms with Gasteiger partial charge in [-0.1, -0.05) is 18.2 Å². The van der Waals surface area contributed by atoms with Crippen LogP contribution in [0, 0.1) is 0 Å². The zero-order chi connectivity index (χ0) is 21.3. The molecular formula is C19H18N4O5S2. The minimum atomic E-state index is -3.97. The molecule has 1 saturated heterocycles. The number of ether oxygens (including phenoxy) is 1. The van der Waals surface area contributed by atoms with Gasteiger partial charge in [0, 0.05) is 6.54 Å². The number of nitrogens with zero attached hydrogens (tertiary/aromatic N) is 3. The lowest BCUT2D eigenvalue weighted by Gasteiger charge is -2.23. The van der Waals surface area contributed by atoms with Crippen molar-refractivity contribution in [1.29, 1.82) is 0 Å². The average Bonchev–Trinajstić information content (AvgIpc) is 3.43. The number of benzene rings is 2. The number of esters is 1. The lowest BCUT2D eigenvalue weighted by molar-refractivity contribution is -0.119. The summed E-state index contributed by atoms with van der Waals surface area (Å²) in [7, 11) is -2.72. The van der Waals surface area contributed by atoms with Crippen molar-refractivity contribution in [3.8, 4) is 0 Å². The van der Waals surface area contributed by atoms with Crippen LogP contribution in [0.25, 0.3) is 11.0 Å². The molecule has 9 nitrogen and oxygen atoms in total. The van der Waals surface area contributed by atoms with E-state index >= 15 is 0 Å². The Hall–Kier alpha value is -2.89. The number of carbonyl (C=O) groups is 2. The molecule has 0 radical (unpaired) electrons. The van der Waals surface area contributed by atoms with E-state index in [1.54, 1.807) is 30.3 Å². The van der Waals surface area contributed by atoms with Crippen LogP contribution in [-0.4, -0.2) is 53.0 Å². The van der Waals surface area contributed by atoms with Crippen LogP contribution in [0.3, 0.4) is 0 Å². The van der Waals surface area contributed by atoms with Crippen molar-refractivity contribution in [2.75, 3.05) is 19.0 Å². The number of hydrogen-bond acceptors (Lipinski definition) is 8. The van der Waals surface area contributed by atoms with Gasteiger partial charge in [0.2, 0.25) is 15.9 Å². The fourth-order valence-electron chi connectivity index (χ4n) is 3.50. The number of rotatable bonds is 5. The number of para-hydroxylation sites is 1. The van der Waals surface area contributed by atoms with E-state index < -0.39 is 27.9 Å². The molecule has 1 unspecified atom stereocenters. The molecule has 3 aromatic rings. The van der Waals surface area contributed by atoms with Crippen molar-refractivity contribution >= 4 is 50.3 Å². The highest BCUT2D eigenvalue weighted by atomic mass is 32.2. The molecule has 1 atom stereocenters. The molecule has 0 aliphatic carbocycles. The molecular weight excluding hydrogens is 428 g/mol. The first-order valence-corrected chi connectivity index (χ1v) is 11.3. The van der Waals surface area contributed by atoms with Gasteiger partial charge in [0.1, 0.15) is 22.0 Å². The summed E-state index contributed by atoms with van der Waals surface area (Å²) in [5.74, 6) is -1.10. The summed E-state index contributed by atoms with van der Waals surface area (Å²) < 4.78 is 40.8. The first-order valence-electron chi connectivity index (χ1n) is 9.15. The molecule has 1 fully saturated rings. The molecule has 0 saturated carbocycles. The number of hydrogen-bond donors (Lipinski definition) is 1. The second-order valence-electron chi connectivity index (χ2n) is 6.69. The van der Waals surface area contributed by atoms with Gasteiger partial charge in [0.05, 0.1) is 30.1 Å².